The predicted molar refractivity (Wildman–Crippen MR) is 170 cm³/mol. The van der Waals surface area contributed by atoms with Crippen LogP contribution in [0.3, 0.4) is 0 Å². The highest BCUT2D eigenvalue weighted by Gasteiger charge is 2.20. The van der Waals surface area contributed by atoms with Gasteiger partial charge in [0.2, 0.25) is 11.8 Å². The van der Waals surface area contributed by atoms with Gasteiger partial charge in [-0.25, -0.2) is 4.98 Å². The first-order valence-electron chi connectivity index (χ1n) is 12.9. The molecule has 0 fully saturated rings. The zero-order valence-corrected chi connectivity index (χ0v) is 25.8. The maximum absolute atomic E-state index is 12.9. The molecule has 0 bridgehead atoms. The van der Waals surface area contributed by atoms with Crippen LogP contribution in [0.15, 0.2) is 89.9 Å². The van der Waals surface area contributed by atoms with Crippen LogP contribution in [0.2, 0.25) is 10.0 Å². The number of fused-ring (bicyclic) bond motifs is 1. The zero-order chi connectivity index (χ0) is 29.8. The normalized spacial score (nSPS) is 11.3. The summed E-state index contributed by atoms with van der Waals surface area (Å²) in [5, 5.41) is 3.30. The topological polar surface area (TPSA) is 80.9 Å². The SMILES string of the molecule is Cc1nc2c(OCc3c(Cl)ccc(N(C)C(=O)CNC(=O)C=Cc4ccc(-n5cccc5)cc4)c3Cl)cccn2c1Br. The lowest BCUT2D eigenvalue weighted by Crippen LogP contribution is -2.37. The van der Waals surface area contributed by atoms with Gasteiger partial charge >= 0.3 is 0 Å². The van der Waals surface area contributed by atoms with Crippen LogP contribution in [-0.2, 0) is 16.2 Å². The van der Waals surface area contributed by atoms with Crippen molar-refractivity contribution >= 4 is 68.4 Å². The van der Waals surface area contributed by atoms with Crippen molar-refractivity contribution in [2.24, 2.45) is 0 Å². The molecule has 214 valence electrons. The summed E-state index contributed by atoms with van der Waals surface area (Å²) in [7, 11) is 1.59. The van der Waals surface area contributed by atoms with E-state index in [4.69, 9.17) is 27.9 Å². The third-order valence-electron chi connectivity index (χ3n) is 6.62. The quantitative estimate of drug-likeness (QED) is 0.174. The van der Waals surface area contributed by atoms with Gasteiger partial charge in [-0.05, 0) is 83.0 Å². The summed E-state index contributed by atoms with van der Waals surface area (Å²) in [6.45, 7) is 1.74. The number of benzene rings is 2. The second kappa shape index (κ2) is 12.9. The Bertz CT molecular complexity index is 1780. The Kier molecular flexibility index (Phi) is 9.01. The van der Waals surface area contributed by atoms with E-state index in [9.17, 15) is 9.59 Å². The number of nitrogens with zero attached hydrogens (tertiary/aromatic N) is 4. The van der Waals surface area contributed by atoms with Gasteiger partial charge in [-0.15, -0.1) is 0 Å². The number of imidazole rings is 1. The van der Waals surface area contributed by atoms with E-state index >= 15 is 0 Å². The van der Waals surface area contributed by atoms with Crippen molar-refractivity contribution in [3.8, 4) is 11.4 Å². The third-order valence-corrected chi connectivity index (χ3v) is 8.36. The number of nitrogens with one attached hydrogen (secondary N) is 1. The first-order valence-corrected chi connectivity index (χ1v) is 14.5. The number of hydrogen-bond acceptors (Lipinski definition) is 4. The minimum Gasteiger partial charge on any atom is -0.485 e. The van der Waals surface area contributed by atoms with Gasteiger partial charge in [-0.2, -0.15) is 0 Å². The lowest BCUT2D eigenvalue weighted by molar-refractivity contribution is -0.122. The van der Waals surface area contributed by atoms with Gasteiger partial charge in [-0.1, -0.05) is 35.3 Å². The number of aryl methyl sites for hydroxylation is 1. The first-order chi connectivity index (χ1) is 20.2. The summed E-state index contributed by atoms with van der Waals surface area (Å²) in [4.78, 5) is 31.2. The van der Waals surface area contributed by atoms with Crippen LogP contribution in [0, 0.1) is 6.92 Å². The Labute approximate surface area is 261 Å². The van der Waals surface area contributed by atoms with Crippen molar-refractivity contribution in [3.63, 3.8) is 0 Å². The summed E-state index contributed by atoms with van der Waals surface area (Å²) < 4.78 is 10.8. The Balaban J connectivity index is 1.20. The second-order valence-corrected chi connectivity index (χ2v) is 10.9. The molecule has 0 saturated heterocycles. The molecule has 0 atom stereocenters. The third kappa shape index (κ3) is 6.38. The van der Waals surface area contributed by atoms with E-state index in [-0.39, 0.29) is 24.1 Å². The lowest BCUT2D eigenvalue weighted by Gasteiger charge is -2.21. The van der Waals surface area contributed by atoms with Crippen LogP contribution in [0.5, 0.6) is 5.75 Å². The highest BCUT2D eigenvalue weighted by atomic mass is 79.9. The van der Waals surface area contributed by atoms with Crippen molar-refractivity contribution in [1.82, 2.24) is 19.3 Å². The average molecular weight is 667 g/mol. The number of pyridine rings is 1. The number of hydrogen-bond donors (Lipinski definition) is 1. The Hall–Kier alpha value is -4.05. The van der Waals surface area contributed by atoms with Gasteiger partial charge in [0.25, 0.3) is 0 Å². The monoisotopic (exact) mass is 665 g/mol. The minimum atomic E-state index is -0.391. The molecule has 1 N–H and O–H groups in total. The van der Waals surface area contributed by atoms with E-state index < -0.39 is 5.91 Å². The van der Waals surface area contributed by atoms with Crippen molar-refractivity contribution in [3.05, 3.63) is 117 Å². The summed E-state index contributed by atoms with van der Waals surface area (Å²) in [6.07, 6.45) is 8.88. The number of likely N-dealkylation sites (N-methyl/N-ethyl adjacent to an activating group) is 1. The van der Waals surface area contributed by atoms with Crippen LogP contribution in [-0.4, -0.2) is 39.4 Å². The van der Waals surface area contributed by atoms with E-state index in [2.05, 4.69) is 26.2 Å². The molecule has 8 nitrogen and oxygen atoms in total. The van der Waals surface area contributed by atoms with E-state index in [1.165, 1.54) is 11.0 Å². The number of carbonyl (C=O) groups is 2. The fraction of sp³-hybridized carbons (Fsp3) is 0.129. The molecule has 2 aromatic carbocycles. The van der Waals surface area contributed by atoms with Crippen molar-refractivity contribution in [1.29, 1.82) is 0 Å². The molecule has 0 spiro atoms. The molecule has 3 heterocycles. The van der Waals surface area contributed by atoms with Crippen LogP contribution in [0.25, 0.3) is 17.4 Å². The van der Waals surface area contributed by atoms with E-state index in [1.807, 2.05) is 83.0 Å². The number of aromatic nitrogens is 3. The van der Waals surface area contributed by atoms with Crippen molar-refractivity contribution in [2.75, 3.05) is 18.5 Å². The first kappa shape index (κ1) is 29.4. The molecule has 2 amide bonds. The molecule has 42 heavy (non-hydrogen) atoms. The highest BCUT2D eigenvalue weighted by Crippen LogP contribution is 2.35. The largest absolute Gasteiger partial charge is 0.485 e. The van der Waals surface area contributed by atoms with Gasteiger partial charge in [0, 0.05) is 48.0 Å². The number of ether oxygens (including phenoxy) is 1. The average Bonchev–Trinajstić information content (AvgIpc) is 3.63. The smallest absolute Gasteiger partial charge is 0.246 e. The number of halogens is 3. The molecule has 0 saturated carbocycles. The molecule has 3 aromatic heterocycles. The van der Waals surface area contributed by atoms with Gasteiger partial charge in [-0.3, -0.25) is 14.0 Å². The summed E-state index contributed by atoms with van der Waals surface area (Å²) in [5.74, 6) is -0.190. The zero-order valence-electron chi connectivity index (χ0n) is 22.7. The molecule has 0 aliphatic carbocycles. The van der Waals surface area contributed by atoms with Crippen LogP contribution < -0.4 is 15.0 Å². The van der Waals surface area contributed by atoms with E-state index in [1.54, 1.807) is 25.3 Å². The number of rotatable bonds is 9. The van der Waals surface area contributed by atoms with Crippen LogP contribution in [0.1, 0.15) is 16.8 Å². The molecular weight excluding hydrogens is 641 g/mol. The maximum atomic E-state index is 12.9. The summed E-state index contributed by atoms with van der Waals surface area (Å²) in [6, 6.07) is 18.6. The fourth-order valence-electron chi connectivity index (χ4n) is 4.28. The summed E-state index contributed by atoms with van der Waals surface area (Å²) >= 11 is 16.7. The number of carbonyl (C=O) groups excluding carboxylic acids is 2. The lowest BCUT2D eigenvalue weighted by atomic mass is 10.2. The summed E-state index contributed by atoms with van der Waals surface area (Å²) in [5.41, 5.74) is 4.32. The van der Waals surface area contributed by atoms with Crippen molar-refractivity contribution in [2.45, 2.75) is 13.5 Å². The fourth-order valence-corrected chi connectivity index (χ4v) is 5.26. The highest BCUT2D eigenvalue weighted by molar-refractivity contribution is 9.10. The Morgan fingerprint density at radius 2 is 1.79 bits per heavy atom. The Morgan fingerprint density at radius 1 is 1.05 bits per heavy atom. The molecule has 5 aromatic rings. The molecule has 11 heteroatoms. The molecule has 0 radical (unpaired) electrons. The maximum Gasteiger partial charge on any atom is 0.246 e. The second-order valence-electron chi connectivity index (χ2n) is 9.39. The Morgan fingerprint density at radius 3 is 2.52 bits per heavy atom. The van der Waals surface area contributed by atoms with E-state index in [0.717, 1.165) is 21.5 Å². The number of amides is 2. The van der Waals surface area contributed by atoms with Crippen molar-refractivity contribution < 1.29 is 14.3 Å². The van der Waals surface area contributed by atoms with Gasteiger partial charge in [0.15, 0.2) is 11.4 Å². The number of anilines is 1. The van der Waals surface area contributed by atoms with Crippen LogP contribution in [0.4, 0.5) is 5.69 Å². The minimum absolute atomic E-state index is 0.0602. The van der Waals surface area contributed by atoms with Gasteiger partial charge in [0.05, 0.1) is 22.9 Å². The predicted octanol–water partition coefficient (Wildman–Crippen LogP) is 6.87. The van der Waals surface area contributed by atoms with Gasteiger partial charge < -0.3 is 19.5 Å². The standard InChI is InChI=1S/C31H26BrCl2N5O3/c1-20-30(32)39-17-5-6-26(31(39)36-20)42-19-23-24(33)12-13-25(29(23)34)37(2)28(41)18-35-27(40)14-9-21-7-10-22(11-8-21)38-15-3-4-16-38/h3-17H,18-19H2,1-2H3,(H,35,40). The molecule has 5 rings (SSSR count). The van der Waals surface area contributed by atoms with E-state index in [0.29, 0.717) is 27.7 Å². The van der Waals surface area contributed by atoms with Crippen LogP contribution >= 0.6 is 39.1 Å². The molecule has 0 aliphatic heterocycles. The molecule has 0 unspecified atom stereocenters. The molecule has 0 aliphatic rings. The molecular formula is C31H26BrCl2N5O3. The van der Waals surface area contributed by atoms with Gasteiger partial charge in [0.1, 0.15) is 11.2 Å².